The van der Waals surface area contributed by atoms with Gasteiger partial charge in [0.25, 0.3) is 0 Å². The van der Waals surface area contributed by atoms with E-state index in [4.69, 9.17) is 19.9 Å². The number of likely N-dealkylation sites (tertiary alicyclic amines) is 2. The van der Waals surface area contributed by atoms with Gasteiger partial charge in [0.2, 0.25) is 47.4 Å². The average molecular weight is 1700 g/mol. The molecule has 5 saturated heterocycles. The van der Waals surface area contributed by atoms with Crippen molar-refractivity contribution in [2.24, 2.45) is 17.8 Å². The number of Topliss-reactive ketones (excluding diaryl/α,β-unsaturated/α-hetero) is 4. The number of carbonyl (C=O) groups excluding carboxylic acids is 8. The molecule has 0 radical (unpaired) electrons. The number of aliphatic hydroxyl groups is 1. The third kappa shape index (κ3) is 16.9. The summed E-state index contributed by atoms with van der Waals surface area (Å²) in [4.78, 5) is 143. The molecule has 4 amide bonds. The number of aliphatic hydroxyl groups excluding tert-OH is 1. The molecule has 30 nitrogen and oxygen atoms in total. The third-order valence-electron chi connectivity index (χ3n) is 30.4. The van der Waals surface area contributed by atoms with Gasteiger partial charge in [0.05, 0.1) is 52.7 Å². The second kappa shape index (κ2) is 35.9. The summed E-state index contributed by atoms with van der Waals surface area (Å²) in [6.45, 7) is 5.97. The van der Waals surface area contributed by atoms with Crippen LogP contribution in [0, 0.1) is 17.8 Å². The monoisotopic (exact) mass is 1700 g/mol. The largest absolute Gasteiger partial charge is 0.391 e. The van der Waals surface area contributed by atoms with E-state index in [-0.39, 0.29) is 111 Å². The standard InChI is InChI=1S/C27H36N6O3.C26H31N5O.C22H29N5O2.C20H25N5O3/c34-22-8-11-27(9-2-1-3-10-27)33-21(22)14-20-16-29-26(30-23(20)33)31-24(35)19-7-5-13-32(17-19)25(36)18-6-4-12-28-15-18;32-22-11-14-26(12-5-2-6-13-26)31-21(22)16-19-17-28-25(30-24(19)31)29-20-10-7-15-27-23(20)18-8-3-1-4-9-18;1-26-11-5-6-15(14-26)20(29)25-21-23-13-16-12-17-18(28)7-10-22(8-3-2-4-9-22)27(17)19(16)24-21;26-13-9-14(18(28)21-11-13)23-19-22-10-12-8-15-16(27)4-7-20(5-2-1-3-6-20)25(15)17(12)24-19/h14,16,18-19,28H,1-13,15,17H2,(H,29,30,31,35);1,3-4,8-9,16-17,20,23,27H,2,5-7,10-15H2,(H,28,29,30);12-13,15H,2-11,14H2,1H3,(H,23,24,25,29);8,10,13-14,26H,1-7,9,11H2,(H,21,28)(H,22,23,24). The molecule has 660 valence electrons. The summed E-state index contributed by atoms with van der Waals surface area (Å²) in [7, 11) is 2.05. The fourth-order valence-corrected chi connectivity index (χ4v) is 23.9. The van der Waals surface area contributed by atoms with Crippen molar-refractivity contribution in [2.75, 3.05) is 80.7 Å². The van der Waals surface area contributed by atoms with Gasteiger partial charge < -0.3 is 59.8 Å². The zero-order valence-corrected chi connectivity index (χ0v) is 72.3. The molecule has 9 aliphatic heterocycles. The molecule has 0 bridgehead atoms. The van der Waals surface area contributed by atoms with Gasteiger partial charge in [-0.15, -0.1) is 0 Å². The van der Waals surface area contributed by atoms with Gasteiger partial charge in [0.15, 0.2) is 23.1 Å². The number of hydrogen-bond acceptors (Lipinski definition) is 22. The van der Waals surface area contributed by atoms with Crippen LogP contribution in [0.2, 0.25) is 0 Å². The first-order valence-corrected chi connectivity index (χ1v) is 47.1. The molecule has 8 N–H and O–H groups in total. The number of rotatable bonds is 10. The molecule has 4 spiro atoms. The van der Waals surface area contributed by atoms with Crippen molar-refractivity contribution in [3.8, 4) is 0 Å². The van der Waals surface area contributed by atoms with E-state index in [2.05, 4.69) is 118 Å². The third-order valence-corrected chi connectivity index (χ3v) is 30.4. The smallest absolute Gasteiger partial charge is 0.242 e. The highest BCUT2D eigenvalue weighted by Crippen LogP contribution is 2.50. The highest BCUT2D eigenvalue weighted by atomic mass is 16.3. The lowest BCUT2D eigenvalue weighted by Crippen LogP contribution is -2.50. The maximum Gasteiger partial charge on any atom is 0.242 e. The number of anilines is 4. The molecule has 17 heterocycles. The Morgan fingerprint density at radius 2 is 0.848 bits per heavy atom. The molecule has 4 aliphatic carbocycles. The number of benzene rings is 1. The van der Waals surface area contributed by atoms with E-state index in [0.29, 0.717) is 63.0 Å². The van der Waals surface area contributed by atoms with Crippen LogP contribution in [0.4, 0.5) is 23.8 Å². The van der Waals surface area contributed by atoms with Crippen molar-refractivity contribution in [1.29, 1.82) is 0 Å². The van der Waals surface area contributed by atoms with Crippen LogP contribution in [-0.4, -0.2) is 197 Å². The van der Waals surface area contributed by atoms with Crippen LogP contribution < -0.4 is 37.2 Å². The van der Waals surface area contributed by atoms with E-state index in [0.717, 1.165) is 241 Å². The first kappa shape index (κ1) is 84.2. The number of β-amino-alcohol motifs (C(OH)–C–C–N with tert-alkyl or cyclic N) is 1. The number of aromatic nitrogens is 12. The Kier molecular flexibility index (Phi) is 24.2. The van der Waals surface area contributed by atoms with Crippen LogP contribution in [-0.2, 0) is 41.3 Å². The minimum atomic E-state index is -0.580. The highest BCUT2D eigenvalue weighted by molar-refractivity contribution is 6.04. The first-order chi connectivity index (χ1) is 60.9. The molecule has 125 heavy (non-hydrogen) atoms. The van der Waals surface area contributed by atoms with Crippen LogP contribution >= 0.6 is 0 Å². The summed E-state index contributed by atoms with van der Waals surface area (Å²) >= 11 is 0. The minimum absolute atomic E-state index is 0.00897. The van der Waals surface area contributed by atoms with Gasteiger partial charge in [0.1, 0.15) is 28.6 Å². The van der Waals surface area contributed by atoms with Crippen molar-refractivity contribution in [3.63, 3.8) is 0 Å². The SMILES string of the molecule is CN1CCCC(C(=O)Nc2ncc3cc4n(c3n2)C2(CCCCC2)CCC4=O)C1.O=C1CCC2(CCCCC2)n2c1cc1cnc(NC(=O)C3CCCN(C(=O)C4CCCNC4)C3)nc12.O=C1CCC2(CCCCC2)n2c1cc1cnc(NC3CC(O)CNC3=O)nc12.O=C1CCC2(CCCCC2)n2c1cc1cnc(NC3CCCNC3c3ccccc3)nc12. The highest BCUT2D eigenvalue weighted by Gasteiger charge is 2.47. The lowest BCUT2D eigenvalue weighted by molar-refractivity contribution is -0.139. The number of carbonyl (C=O) groups is 8. The van der Waals surface area contributed by atoms with Crippen molar-refractivity contribution in [1.82, 2.24) is 83.9 Å². The number of ketones is 4. The molecule has 9 aromatic rings. The van der Waals surface area contributed by atoms with E-state index in [1.54, 1.807) is 18.6 Å². The van der Waals surface area contributed by atoms with Crippen molar-refractivity contribution in [3.05, 3.63) is 108 Å². The molecule has 7 unspecified atom stereocenters. The first-order valence-electron chi connectivity index (χ1n) is 47.1. The van der Waals surface area contributed by atoms with Crippen molar-refractivity contribution in [2.45, 2.75) is 284 Å². The van der Waals surface area contributed by atoms with E-state index < -0.39 is 12.1 Å². The molecule has 8 aromatic heterocycles. The number of piperidine rings is 5. The van der Waals surface area contributed by atoms with E-state index in [1.807, 2.05) is 35.4 Å². The summed E-state index contributed by atoms with van der Waals surface area (Å²) in [6.07, 6.45) is 43.8. The Bertz CT molecular complexity index is 5560. The Hall–Kier alpha value is -10.3. The molecule has 1 aromatic carbocycles. The van der Waals surface area contributed by atoms with Crippen LogP contribution in [0.15, 0.2) is 79.4 Å². The summed E-state index contributed by atoms with van der Waals surface area (Å²) in [6, 6.07) is 18.3. The normalized spacial score (nSPS) is 25.7. The summed E-state index contributed by atoms with van der Waals surface area (Å²) in [5.41, 5.74) is 7.53. The summed E-state index contributed by atoms with van der Waals surface area (Å²) in [5, 5.41) is 35.6. The summed E-state index contributed by atoms with van der Waals surface area (Å²) in [5.74, 6) is 1.98. The predicted octanol–water partition coefficient (Wildman–Crippen LogP) is 13.3. The Morgan fingerprint density at radius 3 is 1.29 bits per heavy atom. The number of hydrogen-bond donors (Lipinski definition) is 8. The van der Waals surface area contributed by atoms with Crippen LogP contribution in [0.25, 0.3) is 44.1 Å². The maximum absolute atomic E-state index is 13.2. The molecule has 7 atom stereocenters. The average Bonchev–Trinajstić information content (AvgIpc) is 1.61. The van der Waals surface area contributed by atoms with Gasteiger partial charge in [-0.2, -0.15) is 19.9 Å². The topological polar surface area (TPSA) is 370 Å². The van der Waals surface area contributed by atoms with Crippen molar-refractivity contribution < 1.29 is 43.5 Å². The van der Waals surface area contributed by atoms with E-state index in [9.17, 15) is 43.5 Å². The Balaban J connectivity index is 0.000000110. The van der Waals surface area contributed by atoms with Crippen LogP contribution in [0.1, 0.15) is 291 Å². The van der Waals surface area contributed by atoms with E-state index >= 15 is 0 Å². The lowest BCUT2D eigenvalue weighted by Gasteiger charge is -2.42. The van der Waals surface area contributed by atoms with E-state index in [1.165, 1.54) is 69.8 Å². The molecule has 22 rings (SSSR count). The van der Waals surface area contributed by atoms with Crippen molar-refractivity contribution >= 4 is 115 Å². The quantitative estimate of drug-likeness (QED) is 0.0630. The zero-order valence-electron chi connectivity index (χ0n) is 72.3. The number of nitrogens with zero attached hydrogens (tertiary/aromatic N) is 14. The second-order valence-electron chi connectivity index (χ2n) is 38.5. The maximum atomic E-state index is 13.2. The van der Waals surface area contributed by atoms with Crippen LogP contribution in [0.5, 0.6) is 0 Å². The molecule has 30 heteroatoms. The van der Waals surface area contributed by atoms with Gasteiger partial charge in [0, 0.05) is 139 Å². The lowest BCUT2D eigenvalue weighted by atomic mass is 9.75. The predicted molar refractivity (Wildman–Crippen MR) is 476 cm³/mol. The molecular weight excluding hydrogens is 1580 g/mol. The second-order valence-corrected chi connectivity index (χ2v) is 38.5. The molecule has 4 saturated carbocycles. The molecular formula is C95H121N21O9. The summed E-state index contributed by atoms with van der Waals surface area (Å²) < 4.78 is 8.83. The molecule has 9 fully saturated rings. The molecule has 13 aliphatic rings. The number of amides is 4. The van der Waals surface area contributed by atoms with Gasteiger partial charge in [-0.25, -0.2) is 19.9 Å². The minimum Gasteiger partial charge on any atom is -0.391 e. The zero-order chi connectivity index (χ0) is 85.6. The number of fused-ring (bicyclic) bond motifs is 16. The van der Waals surface area contributed by atoms with Gasteiger partial charge in [-0.3, -0.25) is 49.0 Å². The fourth-order valence-electron chi connectivity index (χ4n) is 23.9. The van der Waals surface area contributed by atoms with Gasteiger partial charge in [-0.05, 0) is 185 Å². The van der Waals surface area contributed by atoms with Crippen LogP contribution in [0.3, 0.4) is 0 Å². The fraction of sp³-hybridized carbons (Fsp3) is 0.600. The van der Waals surface area contributed by atoms with Gasteiger partial charge >= 0.3 is 0 Å². The van der Waals surface area contributed by atoms with Gasteiger partial charge in [-0.1, -0.05) is 107 Å². The Morgan fingerprint density at radius 1 is 0.440 bits per heavy atom. The number of nitrogens with one attached hydrogen (secondary N) is 7. The Labute approximate surface area is 728 Å².